The van der Waals surface area contributed by atoms with Crippen LogP contribution in [0.15, 0.2) is 99.1 Å². The lowest BCUT2D eigenvalue weighted by Crippen LogP contribution is -2.25. The number of hydrogen-bond acceptors (Lipinski definition) is 7. The van der Waals surface area contributed by atoms with Crippen LogP contribution in [0.3, 0.4) is 0 Å². The second-order valence-corrected chi connectivity index (χ2v) is 11.1. The van der Waals surface area contributed by atoms with Gasteiger partial charge in [0.25, 0.3) is 10.0 Å². The molecule has 172 valence electrons. The normalized spacial score (nSPS) is 12.5. The van der Waals surface area contributed by atoms with Gasteiger partial charge in [-0.05, 0) is 48.5 Å². The molecule has 7 nitrogen and oxygen atoms in total. The van der Waals surface area contributed by atoms with Gasteiger partial charge in [-0.15, -0.1) is 11.3 Å². The largest absolute Gasteiger partial charge is 0.339 e. The van der Waals surface area contributed by atoms with Crippen LogP contribution in [0.2, 0.25) is 0 Å². The van der Waals surface area contributed by atoms with Gasteiger partial charge in [0.15, 0.2) is 5.13 Å². The SMILES string of the molecule is O=C(CCN1c2ccccc2Sc2ccccc21)Nc1ccc(S(=O)(=O)Nc2nccs2)cc1. The Balaban J connectivity index is 1.24. The van der Waals surface area contributed by atoms with E-state index in [4.69, 9.17) is 0 Å². The molecule has 0 spiro atoms. The molecule has 0 aliphatic carbocycles. The lowest BCUT2D eigenvalue weighted by atomic mass is 10.2. The van der Waals surface area contributed by atoms with Crippen LogP contribution in [0, 0.1) is 0 Å². The molecule has 5 rings (SSSR count). The summed E-state index contributed by atoms with van der Waals surface area (Å²) in [7, 11) is -3.73. The number of aromatic nitrogens is 1. The number of carbonyl (C=O) groups is 1. The number of nitrogens with one attached hydrogen (secondary N) is 2. The molecule has 3 aromatic carbocycles. The highest BCUT2D eigenvalue weighted by atomic mass is 32.2. The van der Waals surface area contributed by atoms with Crippen molar-refractivity contribution in [3.8, 4) is 0 Å². The lowest BCUT2D eigenvalue weighted by molar-refractivity contribution is -0.116. The molecule has 0 saturated heterocycles. The minimum Gasteiger partial charge on any atom is -0.339 e. The first-order chi connectivity index (χ1) is 16.5. The topological polar surface area (TPSA) is 91.4 Å². The van der Waals surface area contributed by atoms with Gasteiger partial charge in [-0.3, -0.25) is 9.52 Å². The number of carbonyl (C=O) groups excluding carboxylic acids is 1. The van der Waals surface area contributed by atoms with Crippen LogP contribution in [0.5, 0.6) is 0 Å². The summed E-state index contributed by atoms with van der Waals surface area (Å²) in [6.07, 6.45) is 1.81. The standard InChI is InChI=1S/C24H20N4O3S3/c29-23(26-17-9-11-18(12-10-17)34(30,31)27-24-25-14-16-32-24)13-15-28-19-5-1-3-7-21(19)33-22-8-4-2-6-20(22)28/h1-12,14,16H,13,15H2,(H,25,27)(H,26,29). The molecular weight excluding hydrogens is 488 g/mol. The maximum Gasteiger partial charge on any atom is 0.263 e. The molecule has 0 saturated carbocycles. The number of hydrogen-bond donors (Lipinski definition) is 2. The van der Waals surface area contributed by atoms with Crippen molar-refractivity contribution >= 4 is 61.2 Å². The number of para-hydroxylation sites is 2. The Labute approximate surface area is 205 Å². The van der Waals surface area contributed by atoms with E-state index in [1.54, 1.807) is 29.3 Å². The predicted octanol–water partition coefficient (Wildman–Crippen LogP) is 5.58. The van der Waals surface area contributed by atoms with Crippen molar-refractivity contribution < 1.29 is 13.2 Å². The average molecular weight is 509 g/mol. The van der Waals surface area contributed by atoms with Crippen LogP contribution >= 0.6 is 23.1 Å². The van der Waals surface area contributed by atoms with E-state index in [0.717, 1.165) is 21.2 Å². The molecule has 1 aromatic heterocycles. The van der Waals surface area contributed by atoms with E-state index in [-0.39, 0.29) is 17.2 Å². The Morgan fingerprint density at radius 2 is 1.56 bits per heavy atom. The molecule has 34 heavy (non-hydrogen) atoms. The zero-order valence-corrected chi connectivity index (χ0v) is 20.3. The van der Waals surface area contributed by atoms with Gasteiger partial charge < -0.3 is 10.2 Å². The first-order valence-corrected chi connectivity index (χ1v) is 13.6. The van der Waals surface area contributed by atoms with Crippen molar-refractivity contribution in [2.75, 3.05) is 21.5 Å². The maximum absolute atomic E-state index is 12.7. The van der Waals surface area contributed by atoms with Crippen molar-refractivity contribution in [3.63, 3.8) is 0 Å². The van der Waals surface area contributed by atoms with Gasteiger partial charge >= 0.3 is 0 Å². The Morgan fingerprint density at radius 1 is 0.912 bits per heavy atom. The number of sulfonamides is 1. The lowest BCUT2D eigenvalue weighted by Gasteiger charge is -2.32. The van der Waals surface area contributed by atoms with Gasteiger partial charge in [0.1, 0.15) is 0 Å². The molecule has 0 unspecified atom stereocenters. The molecule has 2 N–H and O–H groups in total. The highest BCUT2D eigenvalue weighted by molar-refractivity contribution is 7.99. The summed E-state index contributed by atoms with van der Waals surface area (Å²) in [6, 6.07) is 22.4. The maximum atomic E-state index is 12.7. The number of thiazole rings is 1. The number of nitrogens with zero attached hydrogens (tertiary/aromatic N) is 2. The first kappa shape index (κ1) is 22.5. The molecule has 0 atom stereocenters. The molecule has 2 heterocycles. The summed E-state index contributed by atoms with van der Waals surface area (Å²) < 4.78 is 27.4. The Kier molecular flexibility index (Phi) is 6.27. The predicted molar refractivity (Wildman–Crippen MR) is 137 cm³/mol. The zero-order valence-electron chi connectivity index (χ0n) is 17.8. The highest BCUT2D eigenvalue weighted by Gasteiger charge is 2.23. The van der Waals surface area contributed by atoms with Crippen molar-refractivity contribution in [2.45, 2.75) is 21.1 Å². The van der Waals surface area contributed by atoms with Crippen LogP contribution in [0.25, 0.3) is 0 Å². The summed E-state index contributed by atoms with van der Waals surface area (Å²) in [5, 5.41) is 4.85. The van der Waals surface area contributed by atoms with Crippen LogP contribution in [-0.4, -0.2) is 25.9 Å². The van der Waals surface area contributed by atoms with E-state index in [0.29, 0.717) is 17.4 Å². The third-order valence-corrected chi connectivity index (χ3v) is 8.50. The molecule has 0 radical (unpaired) electrons. The Hall–Kier alpha value is -3.34. The fourth-order valence-corrected chi connectivity index (χ4v) is 6.51. The summed E-state index contributed by atoms with van der Waals surface area (Å²) in [5.74, 6) is -0.148. The summed E-state index contributed by atoms with van der Waals surface area (Å²) in [4.78, 5) is 21.2. The second kappa shape index (κ2) is 9.49. The number of benzene rings is 3. The monoisotopic (exact) mass is 508 g/mol. The number of fused-ring (bicyclic) bond motifs is 2. The number of amides is 1. The van der Waals surface area contributed by atoms with Gasteiger partial charge in [0.05, 0.1) is 16.3 Å². The van der Waals surface area contributed by atoms with E-state index in [9.17, 15) is 13.2 Å². The van der Waals surface area contributed by atoms with Gasteiger partial charge in [0.2, 0.25) is 5.91 Å². The Bertz CT molecular complexity index is 1380. The minimum atomic E-state index is -3.73. The summed E-state index contributed by atoms with van der Waals surface area (Å²) in [5.41, 5.74) is 2.70. The highest BCUT2D eigenvalue weighted by Crippen LogP contribution is 2.47. The fraction of sp³-hybridized carbons (Fsp3) is 0.0833. The first-order valence-electron chi connectivity index (χ1n) is 10.5. The molecule has 1 amide bonds. The average Bonchev–Trinajstić information content (AvgIpc) is 3.34. The molecule has 0 fully saturated rings. The minimum absolute atomic E-state index is 0.0970. The van der Waals surface area contributed by atoms with Crippen molar-refractivity contribution in [1.82, 2.24) is 4.98 Å². The second-order valence-electron chi connectivity index (χ2n) is 7.45. The third kappa shape index (κ3) is 4.79. The van der Waals surface area contributed by atoms with Gasteiger partial charge in [-0.2, -0.15) is 0 Å². The van der Waals surface area contributed by atoms with E-state index in [1.807, 2.05) is 24.3 Å². The van der Waals surface area contributed by atoms with Crippen molar-refractivity contribution in [1.29, 1.82) is 0 Å². The quantitative estimate of drug-likeness (QED) is 0.339. The number of anilines is 4. The van der Waals surface area contributed by atoms with Crippen LogP contribution in [0.4, 0.5) is 22.2 Å². The third-order valence-electron chi connectivity index (χ3n) is 5.20. The van der Waals surface area contributed by atoms with E-state index in [2.05, 4.69) is 44.2 Å². The molecule has 10 heteroatoms. The molecule has 1 aliphatic rings. The van der Waals surface area contributed by atoms with Crippen LogP contribution in [0.1, 0.15) is 6.42 Å². The van der Waals surface area contributed by atoms with Gasteiger partial charge in [-0.1, -0.05) is 36.0 Å². The van der Waals surface area contributed by atoms with Crippen LogP contribution in [-0.2, 0) is 14.8 Å². The molecule has 1 aliphatic heterocycles. The summed E-state index contributed by atoms with van der Waals surface area (Å²) >= 11 is 2.93. The van der Waals surface area contributed by atoms with E-state index in [1.165, 1.54) is 29.7 Å². The van der Waals surface area contributed by atoms with Gasteiger partial charge in [0, 0.05) is 40.0 Å². The molecule has 0 bridgehead atoms. The summed E-state index contributed by atoms with van der Waals surface area (Å²) in [6.45, 7) is 0.518. The van der Waals surface area contributed by atoms with E-state index >= 15 is 0 Å². The Morgan fingerprint density at radius 3 is 2.18 bits per heavy atom. The van der Waals surface area contributed by atoms with Gasteiger partial charge in [-0.25, -0.2) is 13.4 Å². The molecule has 4 aromatic rings. The van der Waals surface area contributed by atoms with Crippen LogP contribution < -0.4 is 14.9 Å². The zero-order chi connectivity index (χ0) is 23.5. The number of rotatable bonds is 7. The van der Waals surface area contributed by atoms with Crippen molar-refractivity contribution in [3.05, 3.63) is 84.4 Å². The smallest absolute Gasteiger partial charge is 0.263 e. The van der Waals surface area contributed by atoms with E-state index < -0.39 is 10.0 Å². The molecular formula is C24H20N4O3S3. The van der Waals surface area contributed by atoms with Crippen molar-refractivity contribution in [2.24, 2.45) is 0 Å². The fourth-order valence-electron chi connectivity index (χ4n) is 3.62.